The molecule has 0 saturated carbocycles. The van der Waals surface area contributed by atoms with Crippen LogP contribution in [0.4, 0.5) is 5.82 Å². The van der Waals surface area contributed by atoms with Crippen molar-refractivity contribution in [1.29, 1.82) is 0 Å². The molecule has 2 aromatic rings. The number of likely N-dealkylation sites (tertiary alicyclic amines) is 1. The van der Waals surface area contributed by atoms with Gasteiger partial charge in [-0.25, -0.2) is 9.97 Å². The van der Waals surface area contributed by atoms with E-state index >= 15 is 0 Å². The van der Waals surface area contributed by atoms with Gasteiger partial charge in [0.1, 0.15) is 23.0 Å². The summed E-state index contributed by atoms with van der Waals surface area (Å²) in [6.45, 7) is 9.89. The fraction of sp³-hybridized carbons (Fsp3) is 0.609. The summed E-state index contributed by atoms with van der Waals surface area (Å²) in [7, 11) is 1.84. The van der Waals surface area contributed by atoms with Crippen molar-refractivity contribution < 1.29 is 14.1 Å². The molecule has 2 aliphatic heterocycles. The van der Waals surface area contributed by atoms with Gasteiger partial charge in [0.15, 0.2) is 0 Å². The van der Waals surface area contributed by atoms with Gasteiger partial charge in [-0.05, 0) is 25.7 Å². The zero-order chi connectivity index (χ0) is 23.0. The second-order valence-corrected chi connectivity index (χ2v) is 9.04. The SMILES string of the molecule is CNc1nc(C2CCCN(C(C)=O)C2)nc2c1CN(C(=O)c1c(C(C)C)noc1C)CC2. The number of nitrogens with one attached hydrogen (secondary N) is 1. The molecular formula is C23H32N6O3. The standard InChI is InChI=1S/C23H32N6O3/c1-13(2)20-19(14(3)32-27-20)23(31)29-10-8-18-17(12-29)22(24-5)26-21(25-18)16-7-6-9-28(11-16)15(4)30/h13,16H,6-12H2,1-5H3,(H,24,25,26). The fourth-order valence-corrected chi connectivity index (χ4v) is 4.67. The number of amides is 2. The van der Waals surface area contributed by atoms with Gasteiger partial charge in [-0.3, -0.25) is 9.59 Å². The maximum atomic E-state index is 13.4. The van der Waals surface area contributed by atoms with Crippen molar-refractivity contribution >= 4 is 17.6 Å². The summed E-state index contributed by atoms with van der Waals surface area (Å²) < 4.78 is 5.33. The first-order chi connectivity index (χ1) is 15.3. The summed E-state index contributed by atoms with van der Waals surface area (Å²) in [6, 6.07) is 0. The number of anilines is 1. The number of aryl methyl sites for hydroxylation is 1. The lowest BCUT2D eigenvalue weighted by Crippen LogP contribution is -2.39. The Morgan fingerprint density at radius 2 is 1.97 bits per heavy atom. The van der Waals surface area contributed by atoms with Crippen LogP contribution < -0.4 is 5.32 Å². The van der Waals surface area contributed by atoms with Crippen LogP contribution in [-0.4, -0.2) is 63.4 Å². The first-order valence-electron chi connectivity index (χ1n) is 11.4. The van der Waals surface area contributed by atoms with E-state index in [1.165, 1.54) is 0 Å². The first-order valence-corrected chi connectivity index (χ1v) is 11.4. The Morgan fingerprint density at radius 1 is 1.19 bits per heavy atom. The number of fused-ring (bicyclic) bond motifs is 1. The Hall–Kier alpha value is -2.97. The van der Waals surface area contributed by atoms with E-state index in [1.807, 2.05) is 30.7 Å². The minimum Gasteiger partial charge on any atom is -0.373 e. The van der Waals surface area contributed by atoms with Gasteiger partial charge in [-0.2, -0.15) is 0 Å². The molecule has 1 atom stereocenters. The number of carbonyl (C=O) groups is 2. The molecule has 0 aromatic carbocycles. The molecule has 0 spiro atoms. The Bertz CT molecular complexity index is 1010. The van der Waals surface area contributed by atoms with Crippen LogP contribution >= 0.6 is 0 Å². The van der Waals surface area contributed by atoms with Gasteiger partial charge in [0, 0.05) is 51.5 Å². The van der Waals surface area contributed by atoms with Crippen molar-refractivity contribution in [2.45, 2.75) is 65.3 Å². The van der Waals surface area contributed by atoms with Gasteiger partial charge in [0.25, 0.3) is 5.91 Å². The highest BCUT2D eigenvalue weighted by atomic mass is 16.5. The lowest BCUT2D eigenvalue weighted by molar-refractivity contribution is -0.130. The molecule has 1 fully saturated rings. The van der Waals surface area contributed by atoms with Gasteiger partial charge in [0.2, 0.25) is 5.91 Å². The highest BCUT2D eigenvalue weighted by molar-refractivity contribution is 5.96. The van der Waals surface area contributed by atoms with Crippen LogP contribution in [-0.2, 0) is 17.8 Å². The van der Waals surface area contributed by atoms with Gasteiger partial charge >= 0.3 is 0 Å². The number of piperidine rings is 1. The quantitative estimate of drug-likeness (QED) is 0.779. The second kappa shape index (κ2) is 8.88. The van der Waals surface area contributed by atoms with E-state index in [0.717, 1.165) is 42.3 Å². The lowest BCUT2D eigenvalue weighted by Gasteiger charge is -2.33. The molecule has 1 unspecified atom stereocenters. The summed E-state index contributed by atoms with van der Waals surface area (Å²) in [5.41, 5.74) is 3.20. The predicted molar refractivity (Wildman–Crippen MR) is 120 cm³/mol. The van der Waals surface area contributed by atoms with E-state index in [2.05, 4.69) is 10.5 Å². The van der Waals surface area contributed by atoms with Crippen molar-refractivity contribution in [2.75, 3.05) is 32.0 Å². The summed E-state index contributed by atoms with van der Waals surface area (Å²) >= 11 is 0. The van der Waals surface area contributed by atoms with Gasteiger partial charge in [0.05, 0.1) is 17.9 Å². The van der Waals surface area contributed by atoms with E-state index in [4.69, 9.17) is 14.5 Å². The average molecular weight is 441 g/mol. The third-order valence-corrected chi connectivity index (χ3v) is 6.48. The molecule has 0 bridgehead atoms. The molecule has 1 saturated heterocycles. The molecule has 0 radical (unpaired) electrons. The smallest absolute Gasteiger partial charge is 0.259 e. The number of nitrogens with zero attached hydrogens (tertiary/aromatic N) is 5. The predicted octanol–water partition coefficient (Wildman–Crippen LogP) is 2.86. The summed E-state index contributed by atoms with van der Waals surface area (Å²) in [4.78, 5) is 38.6. The highest BCUT2D eigenvalue weighted by Gasteiger charge is 2.32. The Balaban J connectivity index is 1.60. The minimum atomic E-state index is -0.0615. The summed E-state index contributed by atoms with van der Waals surface area (Å²) in [6.07, 6.45) is 2.59. The molecule has 172 valence electrons. The van der Waals surface area contributed by atoms with Crippen molar-refractivity contribution in [2.24, 2.45) is 0 Å². The Morgan fingerprint density at radius 3 is 2.66 bits per heavy atom. The minimum absolute atomic E-state index is 0.0615. The molecule has 9 nitrogen and oxygen atoms in total. The first kappa shape index (κ1) is 22.2. The van der Waals surface area contributed by atoms with Crippen LogP contribution in [0.1, 0.15) is 84.3 Å². The zero-order valence-electron chi connectivity index (χ0n) is 19.6. The molecule has 1 N–H and O–H groups in total. The number of carbonyl (C=O) groups excluding carboxylic acids is 2. The van der Waals surface area contributed by atoms with Crippen molar-refractivity contribution in [3.05, 3.63) is 34.1 Å². The fourth-order valence-electron chi connectivity index (χ4n) is 4.67. The van der Waals surface area contributed by atoms with Crippen molar-refractivity contribution in [3.63, 3.8) is 0 Å². The van der Waals surface area contributed by atoms with E-state index in [9.17, 15) is 9.59 Å². The van der Waals surface area contributed by atoms with Crippen LogP contribution in [0.5, 0.6) is 0 Å². The molecular weight excluding hydrogens is 408 g/mol. The monoisotopic (exact) mass is 440 g/mol. The number of aromatic nitrogens is 3. The molecule has 32 heavy (non-hydrogen) atoms. The van der Waals surface area contributed by atoms with Crippen LogP contribution in [0.3, 0.4) is 0 Å². The molecule has 4 heterocycles. The maximum Gasteiger partial charge on any atom is 0.259 e. The summed E-state index contributed by atoms with van der Waals surface area (Å²) in [5.74, 6) is 2.38. The van der Waals surface area contributed by atoms with E-state index in [0.29, 0.717) is 43.1 Å². The van der Waals surface area contributed by atoms with Crippen LogP contribution in [0.15, 0.2) is 4.52 Å². The van der Waals surface area contributed by atoms with E-state index < -0.39 is 0 Å². The molecule has 9 heteroatoms. The maximum absolute atomic E-state index is 13.4. The normalized spacial score (nSPS) is 18.6. The van der Waals surface area contributed by atoms with Gasteiger partial charge < -0.3 is 19.6 Å². The molecule has 2 amide bonds. The van der Waals surface area contributed by atoms with Crippen LogP contribution in [0.2, 0.25) is 0 Å². The number of hydrogen-bond acceptors (Lipinski definition) is 7. The average Bonchev–Trinajstić information content (AvgIpc) is 3.19. The van der Waals surface area contributed by atoms with Crippen LogP contribution in [0.25, 0.3) is 0 Å². The van der Waals surface area contributed by atoms with Crippen LogP contribution in [0, 0.1) is 6.92 Å². The van der Waals surface area contributed by atoms with Gasteiger partial charge in [-0.1, -0.05) is 19.0 Å². The topological polar surface area (TPSA) is 104 Å². The summed E-state index contributed by atoms with van der Waals surface area (Å²) in [5, 5.41) is 7.31. The Labute approximate surface area is 188 Å². The van der Waals surface area contributed by atoms with Crippen molar-refractivity contribution in [1.82, 2.24) is 24.9 Å². The molecule has 0 aliphatic carbocycles. The Kier molecular flexibility index (Phi) is 6.17. The van der Waals surface area contributed by atoms with E-state index in [1.54, 1.807) is 13.8 Å². The molecule has 2 aliphatic rings. The van der Waals surface area contributed by atoms with Crippen molar-refractivity contribution in [3.8, 4) is 0 Å². The van der Waals surface area contributed by atoms with Gasteiger partial charge in [-0.15, -0.1) is 0 Å². The molecule has 2 aromatic heterocycles. The highest BCUT2D eigenvalue weighted by Crippen LogP contribution is 2.31. The van der Waals surface area contributed by atoms with E-state index in [-0.39, 0.29) is 23.7 Å². The number of hydrogen-bond donors (Lipinski definition) is 1. The third kappa shape index (κ3) is 4.08. The molecule has 4 rings (SSSR count). The third-order valence-electron chi connectivity index (χ3n) is 6.48. The largest absolute Gasteiger partial charge is 0.373 e. The number of rotatable bonds is 4. The lowest BCUT2D eigenvalue weighted by atomic mass is 9.96. The zero-order valence-corrected chi connectivity index (χ0v) is 19.6. The second-order valence-electron chi connectivity index (χ2n) is 9.04.